The van der Waals surface area contributed by atoms with Gasteiger partial charge in [-0.1, -0.05) is 12.1 Å². The highest BCUT2D eigenvalue weighted by Crippen LogP contribution is 2.34. The molecule has 0 fully saturated rings. The standard InChI is InChI=1S/C9H6BF7/c1-10(17)7-3-5(8(11,12)13)2-6(4-7)9(14,15)16/h2-4H,1H3. The van der Waals surface area contributed by atoms with Crippen LogP contribution in [-0.4, -0.2) is 6.99 Å². The number of rotatable bonds is 1. The summed E-state index contributed by atoms with van der Waals surface area (Å²) in [6.07, 6.45) is -9.88. The van der Waals surface area contributed by atoms with Gasteiger partial charge in [-0.05, 0) is 18.4 Å². The molecule has 1 aromatic carbocycles. The number of hydrogen-bond donors (Lipinski definition) is 0. The van der Waals surface area contributed by atoms with E-state index in [9.17, 15) is 30.7 Å². The third-order valence-corrected chi connectivity index (χ3v) is 2.07. The lowest BCUT2D eigenvalue weighted by molar-refractivity contribution is -0.142. The fourth-order valence-electron chi connectivity index (χ4n) is 1.21. The van der Waals surface area contributed by atoms with E-state index < -0.39 is 35.9 Å². The summed E-state index contributed by atoms with van der Waals surface area (Å²) in [6.45, 7) is -1.03. The van der Waals surface area contributed by atoms with Crippen LogP contribution in [0.3, 0.4) is 0 Å². The van der Waals surface area contributed by atoms with E-state index in [4.69, 9.17) is 0 Å². The van der Waals surface area contributed by atoms with Crippen LogP contribution in [0.5, 0.6) is 0 Å². The molecule has 0 saturated carbocycles. The zero-order valence-corrected chi connectivity index (χ0v) is 8.46. The first-order valence-electron chi connectivity index (χ1n) is 4.45. The maximum atomic E-state index is 12.8. The first-order chi connectivity index (χ1) is 7.51. The third kappa shape index (κ3) is 3.37. The Morgan fingerprint density at radius 1 is 0.824 bits per heavy atom. The molecule has 94 valence electrons. The Hall–Kier alpha value is -1.21. The van der Waals surface area contributed by atoms with Crippen molar-refractivity contribution in [1.29, 1.82) is 0 Å². The fourth-order valence-corrected chi connectivity index (χ4v) is 1.21. The molecule has 0 aliphatic carbocycles. The molecule has 17 heavy (non-hydrogen) atoms. The van der Waals surface area contributed by atoms with Gasteiger partial charge in [0.25, 0.3) is 0 Å². The smallest absolute Gasteiger partial charge is 0.330 e. The maximum absolute atomic E-state index is 12.8. The van der Waals surface area contributed by atoms with Gasteiger partial charge in [-0.3, -0.25) is 0 Å². The summed E-state index contributed by atoms with van der Waals surface area (Å²) in [5.41, 5.74) is -3.66. The van der Waals surface area contributed by atoms with Crippen LogP contribution < -0.4 is 5.46 Å². The van der Waals surface area contributed by atoms with Gasteiger partial charge in [0.2, 0.25) is 0 Å². The van der Waals surface area contributed by atoms with Gasteiger partial charge in [0.1, 0.15) is 0 Å². The molecular weight excluding hydrogens is 252 g/mol. The van der Waals surface area contributed by atoms with Gasteiger partial charge < -0.3 is 4.32 Å². The molecule has 0 spiro atoms. The lowest BCUT2D eigenvalue weighted by Gasteiger charge is -2.13. The van der Waals surface area contributed by atoms with Gasteiger partial charge in [0.15, 0.2) is 0 Å². The fraction of sp³-hybridized carbons (Fsp3) is 0.333. The molecule has 0 aliphatic heterocycles. The Labute approximate surface area is 92.6 Å². The van der Waals surface area contributed by atoms with Crippen LogP contribution in [-0.2, 0) is 12.4 Å². The first kappa shape index (κ1) is 13.9. The Morgan fingerprint density at radius 2 is 1.18 bits per heavy atom. The topological polar surface area (TPSA) is 0 Å². The van der Waals surface area contributed by atoms with Crippen molar-refractivity contribution in [3.8, 4) is 0 Å². The molecule has 0 bridgehead atoms. The van der Waals surface area contributed by atoms with Gasteiger partial charge >= 0.3 is 19.3 Å². The van der Waals surface area contributed by atoms with E-state index in [-0.39, 0.29) is 6.07 Å². The second-order valence-corrected chi connectivity index (χ2v) is 3.46. The van der Waals surface area contributed by atoms with Gasteiger partial charge in [0, 0.05) is 0 Å². The van der Waals surface area contributed by atoms with Gasteiger partial charge in [0.05, 0.1) is 11.1 Å². The van der Waals surface area contributed by atoms with Crippen molar-refractivity contribution in [1.82, 2.24) is 0 Å². The summed E-state index contributed by atoms with van der Waals surface area (Å²) in [7, 11) is 0. The minimum absolute atomic E-state index is 0.0358. The summed E-state index contributed by atoms with van der Waals surface area (Å²) >= 11 is 0. The normalized spacial score (nSPS) is 12.7. The minimum Gasteiger partial charge on any atom is -0.330 e. The predicted molar refractivity (Wildman–Crippen MR) is 48.8 cm³/mol. The van der Waals surface area contributed by atoms with Crippen molar-refractivity contribution in [3.63, 3.8) is 0 Å². The Kier molecular flexibility index (Phi) is 3.45. The number of benzene rings is 1. The largest absolute Gasteiger partial charge is 0.416 e. The monoisotopic (exact) mass is 258 g/mol. The first-order valence-corrected chi connectivity index (χ1v) is 4.45. The Balaban J connectivity index is 3.40. The summed E-state index contributed by atoms with van der Waals surface area (Å²) in [6, 6.07) is 0.714. The number of alkyl halides is 6. The molecule has 0 unspecified atom stereocenters. The van der Waals surface area contributed by atoms with Gasteiger partial charge in [-0.2, -0.15) is 26.3 Å². The summed E-state index contributed by atoms with van der Waals surface area (Å²) in [5, 5.41) is 0. The predicted octanol–water partition coefficient (Wildman–Crippen LogP) is 3.52. The van der Waals surface area contributed by atoms with E-state index in [0.717, 1.165) is 6.82 Å². The van der Waals surface area contributed by atoms with Crippen molar-refractivity contribution < 1.29 is 30.7 Å². The highest BCUT2D eigenvalue weighted by Gasteiger charge is 2.37. The Bertz CT molecular complexity index is 373. The van der Waals surface area contributed by atoms with E-state index in [1.165, 1.54) is 0 Å². The van der Waals surface area contributed by atoms with Crippen LogP contribution in [0.2, 0.25) is 6.82 Å². The van der Waals surface area contributed by atoms with Crippen molar-refractivity contribution in [2.24, 2.45) is 0 Å². The van der Waals surface area contributed by atoms with Crippen molar-refractivity contribution in [2.75, 3.05) is 0 Å². The summed E-state index contributed by atoms with van der Waals surface area (Å²) in [5.74, 6) is 0. The van der Waals surface area contributed by atoms with Gasteiger partial charge in [-0.25, -0.2) is 0 Å². The van der Waals surface area contributed by atoms with Crippen molar-refractivity contribution in [2.45, 2.75) is 19.2 Å². The molecule has 0 heterocycles. The third-order valence-electron chi connectivity index (χ3n) is 2.07. The van der Waals surface area contributed by atoms with Crippen LogP contribution in [0.25, 0.3) is 0 Å². The lowest BCUT2D eigenvalue weighted by Crippen LogP contribution is -2.26. The van der Waals surface area contributed by atoms with Gasteiger partial charge in [-0.15, -0.1) is 0 Å². The van der Waals surface area contributed by atoms with Crippen LogP contribution in [0.1, 0.15) is 11.1 Å². The lowest BCUT2D eigenvalue weighted by atomic mass is 9.66. The second-order valence-electron chi connectivity index (χ2n) is 3.46. The molecule has 0 amide bonds. The molecule has 1 aromatic rings. The highest BCUT2D eigenvalue weighted by atomic mass is 19.4. The number of halogens is 7. The Morgan fingerprint density at radius 3 is 1.41 bits per heavy atom. The second kappa shape index (κ2) is 4.23. The molecular formula is C9H6BF7. The molecule has 0 saturated heterocycles. The van der Waals surface area contributed by atoms with E-state index in [0.29, 0.717) is 12.1 Å². The number of hydrogen-bond acceptors (Lipinski definition) is 0. The average Bonchev–Trinajstić information content (AvgIpc) is 2.14. The SMILES string of the molecule is CB(F)c1cc(C(F)(F)F)cc(C(F)(F)F)c1. The maximum Gasteiger partial charge on any atom is 0.416 e. The van der Waals surface area contributed by atoms with E-state index in [1.54, 1.807) is 0 Å². The quantitative estimate of drug-likeness (QED) is 0.534. The van der Waals surface area contributed by atoms with E-state index in [1.807, 2.05) is 0 Å². The molecule has 0 aliphatic rings. The average molecular weight is 258 g/mol. The summed E-state index contributed by atoms with van der Waals surface area (Å²) in [4.78, 5) is 0. The molecule has 0 atom stereocenters. The van der Waals surface area contributed by atoms with Crippen LogP contribution in [0.15, 0.2) is 18.2 Å². The zero-order chi connectivity index (χ0) is 13.4. The van der Waals surface area contributed by atoms with Crippen molar-refractivity contribution in [3.05, 3.63) is 29.3 Å². The molecule has 0 nitrogen and oxygen atoms in total. The zero-order valence-electron chi connectivity index (χ0n) is 8.46. The van der Waals surface area contributed by atoms with Crippen LogP contribution in [0.4, 0.5) is 30.7 Å². The summed E-state index contributed by atoms with van der Waals surface area (Å²) < 4.78 is 86.7. The molecule has 0 aromatic heterocycles. The molecule has 0 radical (unpaired) electrons. The van der Waals surface area contributed by atoms with Crippen LogP contribution in [0, 0.1) is 0 Å². The van der Waals surface area contributed by atoms with E-state index >= 15 is 0 Å². The highest BCUT2D eigenvalue weighted by molar-refractivity contribution is 6.65. The van der Waals surface area contributed by atoms with E-state index in [2.05, 4.69) is 0 Å². The minimum atomic E-state index is -4.94. The molecule has 1 rings (SSSR count). The van der Waals surface area contributed by atoms with Crippen molar-refractivity contribution >= 4 is 12.5 Å². The molecule has 0 N–H and O–H groups in total. The van der Waals surface area contributed by atoms with Crippen LogP contribution >= 0.6 is 0 Å². The molecule has 8 heteroatoms.